The zero-order chi connectivity index (χ0) is 15.7. The van der Waals surface area contributed by atoms with Crippen molar-refractivity contribution >= 4 is 29.1 Å². The SMILES string of the molecule is C[C@@H]1c2cc(Cl)c(Cl)cc2CCN1C(=O)CCc1cnc[nH]1. The lowest BCUT2D eigenvalue weighted by Crippen LogP contribution is -2.39. The molecule has 4 nitrogen and oxygen atoms in total. The van der Waals surface area contributed by atoms with Crippen molar-refractivity contribution in [1.29, 1.82) is 0 Å². The summed E-state index contributed by atoms with van der Waals surface area (Å²) in [6.07, 6.45) is 5.35. The molecule has 1 aromatic heterocycles. The molecule has 0 spiro atoms. The first kappa shape index (κ1) is 15.4. The van der Waals surface area contributed by atoms with Gasteiger partial charge in [-0.15, -0.1) is 0 Å². The van der Waals surface area contributed by atoms with E-state index in [4.69, 9.17) is 23.2 Å². The van der Waals surface area contributed by atoms with Crippen molar-refractivity contribution < 1.29 is 4.79 Å². The highest BCUT2D eigenvalue weighted by molar-refractivity contribution is 6.42. The Morgan fingerprint density at radius 3 is 2.91 bits per heavy atom. The first-order chi connectivity index (χ1) is 10.6. The van der Waals surface area contributed by atoms with E-state index in [1.165, 1.54) is 5.56 Å². The largest absolute Gasteiger partial charge is 0.348 e. The lowest BCUT2D eigenvalue weighted by atomic mass is 9.93. The summed E-state index contributed by atoms with van der Waals surface area (Å²) in [5.74, 6) is 0.152. The molecular weight excluding hydrogens is 321 g/mol. The molecule has 22 heavy (non-hydrogen) atoms. The third-order valence-corrected chi connectivity index (χ3v) is 4.93. The van der Waals surface area contributed by atoms with Gasteiger partial charge in [-0.25, -0.2) is 4.98 Å². The maximum Gasteiger partial charge on any atom is 0.223 e. The predicted octanol–water partition coefficient (Wildman–Crippen LogP) is 3.80. The van der Waals surface area contributed by atoms with Crippen LogP contribution in [0, 0.1) is 0 Å². The highest BCUT2D eigenvalue weighted by Gasteiger charge is 2.28. The van der Waals surface area contributed by atoms with Gasteiger partial charge >= 0.3 is 0 Å². The van der Waals surface area contributed by atoms with Gasteiger partial charge < -0.3 is 9.88 Å². The Hall–Kier alpha value is -1.52. The molecule has 0 saturated carbocycles. The van der Waals surface area contributed by atoms with Crippen molar-refractivity contribution in [3.63, 3.8) is 0 Å². The molecule has 0 aliphatic carbocycles. The van der Waals surface area contributed by atoms with Gasteiger partial charge in [0.05, 0.1) is 22.4 Å². The van der Waals surface area contributed by atoms with E-state index in [-0.39, 0.29) is 11.9 Å². The molecule has 0 unspecified atom stereocenters. The maximum absolute atomic E-state index is 12.5. The molecular formula is C16H17Cl2N3O. The van der Waals surface area contributed by atoms with Crippen molar-refractivity contribution in [2.75, 3.05) is 6.54 Å². The molecule has 1 aliphatic heterocycles. The van der Waals surface area contributed by atoms with Crippen molar-refractivity contribution in [1.82, 2.24) is 14.9 Å². The van der Waals surface area contributed by atoms with Crippen LogP contribution in [-0.4, -0.2) is 27.3 Å². The van der Waals surface area contributed by atoms with Gasteiger partial charge in [0.15, 0.2) is 0 Å². The van der Waals surface area contributed by atoms with E-state index in [2.05, 4.69) is 9.97 Å². The fourth-order valence-electron chi connectivity index (χ4n) is 2.96. The van der Waals surface area contributed by atoms with Crippen LogP contribution >= 0.6 is 23.2 Å². The van der Waals surface area contributed by atoms with Gasteiger partial charge in [0.1, 0.15) is 0 Å². The summed E-state index contributed by atoms with van der Waals surface area (Å²) in [7, 11) is 0. The monoisotopic (exact) mass is 337 g/mol. The zero-order valence-electron chi connectivity index (χ0n) is 12.3. The molecule has 0 radical (unpaired) electrons. The van der Waals surface area contributed by atoms with Gasteiger partial charge in [-0.1, -0.05) is 23.2 Å². The number of halogens is 2. The van der Waals surface area contributed by atoms with Crippen LogP contribution in [0.3, 0.4) is 0 Å². The zero-order valence-corrected chi connectivity index (χ0v) is 13.8. The van der Waals surface area contributed by atoms with E-state index in [0.717, 1.165) is 17.7 Å². The Morgan fingerprint density at radius 1 is 1.41 bits per heavy atom. The van der Waals surface area contributed by atoms with E-state index < -0.39 is 0 Å². The average Bonchev–Trinajstić information content (AvgIpc) is 3.01. The molecule has 1 atom stereocenters. The molecule has 3 rings (SSSR count). The van der Waals surface area contributed by atoms with Crippen LogP contribution in [0.15, 0.2) is 24.7 Å². The molecule has 1 N–H and O–H groups in total. The highest BCUT2D eigenvalue weighted by atomic mass is 35.5. The van der Waals surface area contributed by atoms with Crippen LogP contribution in [0.4, 0.5) is 0 Å². The average molecular weight is 338 g/mol. The van der Waals surface area contributed by atoms with Crippen LogP contribution < -0.4 is 0 Å². The Morgan fingerprint density at radius 2 is 2.18 bits per heavy atom. The predicted molar refractivity (Wildman–Crippen MR) is 87.2 cm³/mol. The summed E-state index contributed by atoms with van der Waals surface area (Å²) in [5, 5.41) is 1.12. The Kier molecular flexibility index (Phi) is 4.41. The van der Waals surface area contributed by atoms with Crippen LogP contribution in [0.25, 0.3) is 0 Å². The van der Waals surface area contributed by atoms with Crippen molar-refractivity contribution in [2.24, 2.45) is 0 Å². The van der Waals surface area contributed by atoms with E-state index in [1.54, 1.807) is 12.5 Å². The van der Waals surface area contributed by atoms with Crippen LogP contribution in [0.2, 0.25) is 10.0 Å². The molecule has 6 heteroatoms. The minimum Gasteiger partial charge on any atom is -0.348 e. The number of nitrogens with one attached hydrogen (secondary N) is 1. The molecule has 2 heterocycles. The number of carbonyl (C=O) groups excluding carboxylic acids is 1. The number of aromatic amines is 1. The second-order valence-electron chi connectivity index (χ2n) is 5.56. The Bertz CT molecular complexity index is 685. The summed E-state index contributed by atoms with van der Waals surface area (Å²) in [5.41, 5.74) is 3.25. The third-order valence-electron chi connectivity index (χ3n) is 4.21. The van der Waals surface area contributed by atoms with E-state index in [1.807, 2.05) is 24.0 Å². The number of H-pyrrole nitrogens is 1. The molecule has 1 amide bonds. The second-order valence-corrected chi connectivity index (χ2v) is 6.37. The van der Waals surface area contributed by atoms with Gasteiger partial charge in [0.25, 0.3) is 0 Å². The smallest absolute Gasteiger partial charge is 0.223 e. The van der Waals surface area contributed by atoms with Crippen molar-refractivity contribution in [2.45, 2.75) is 32.2 Å². The first-order valence-electron chi connectivity index (χ1n) is 7.31. The fraction of sp³-hybridized carbons (Fsp3) is 0.375. The first-order valence-corrected chi connectivity index (χ1v) is 8.06. The number of rotatable bonds is 3. The summed E-state index contributed by atoms with van der Waals surface area (Å²) < 4.78 is 0. The molecule has 0 saturated heterocycles. The van der Waals surface area contributed by atoms with E-state index >= 15 is 0 Å². The summed E-state index contributed by atoms with van der Waals surface area (Å²) in [6, 6.07) is 3.83. The van der Waals surface area contributed by atoms with Gasteiger partial charge in [-0.05, 0) is 43.0 Å². The van der Waals surface area contributed by atoms with Gasteiger partial charge in [-0.2, -0.15) is 0 Å². The standard InChI is InChI=1S/C16H17Cl2N3O/c1-10-13-7-15(18)14(17)6-11(13)4-5-21(10)16(22)3-2-12-8-19-9-20-12/h6-10H,2-5H2,1H3,(H,19,20)/t10-/m1/s1. The number of imidazole rings is 1. The van der Waals surface area contributed by atoms with E-state index in [0.29, 0.717) is 29.4 Å². The van der Waals surface area contributed by atoms with Gasteiger partial charge in [0, 0.05) is 24.9 Å². The molecule has 0 fully saturated rings. The van der Waals surface area contributed by atoms with Crippen LogP contribution in [-0.2, 0) is 17.6 Å². The van der Waals surface area contributed by atoms with E-state index in [9.17, 15) is 4.79 Å². The number of carbonyl (C=O) groups is 1. The summed E-state index contributed by atoms with van der Waals surface area (Å²) >= 11 is 12.2. The Labute approximate surface area is 139 Å². The van der Waals surface area contributed by atoms with Gasteiger partial charge in [-0.3, -0.25) is 4.79 Å². The summed E-state index contributed by atoms with van der Waals surface area (Å²) in [4.78, 5) is 21.4. The number of aryl methyl sites for hydroxylation is 1. The molecule has 0 bridgehead atoms. The lowest BCUT2D eigenvalue weighted by Gasteiger charge is -2.35. The fourth-order valence-corrected chi connectivity index (χ4v) is 3.32. The second kappa shape index (κ2) is 6.31. The lowest BCUT2D eigenvalue weighted by molar-refractivity contribution is -0.133. The van der Waals surface area contributed by atoms with Crippen molar-refractivity contribution in [3.05, 3.63) is 51.5 Å². The number of benzene rings is 1. The number of hydrogen-bond acceptors (Lipinski definition) is 2. The quantitative estimate of drug-likeness (QED) is 0.926. The van der Waals surface area contributed by atoms with Crippen LogP contribution in [0.1, 0.15) is 36.2 Å². The minimum absolute atomic E-state index is 0.0211. The number of amides is 1. The van der Waals surface area contributed by atoms with Gasteiger partial charge in [0.2, 0.25) is 5.91 Å². The number of fused-ring (bicyclic) bond motifs is 1. The normalized spacial score (nSPS) is 17.4. The van der Waals surface area contributed by atoms with Crippen molar-refractivity contribution in [3.8, 4) is 0 Å². The minimum atomic E-state index is 0.0211. The number of nitrogens with zero attached hydrogens (tertiary/aromatic N) is 2. The molecule has 1 aliphatic rings. The summed E-state index contributed by atoms with van der Waals surface area (Å²) in [6.45, 7) is 2.75. The van der Waals surface area contributed by atoms with Crippen LogP contribution in [0.5, 0.6) is 0 Å². The Balaban J connectivity index is 1.73. The number of hydrogen-bond donors (Lipinski definition) is 1. The number of aromatic nitrogens is 2. The molecule has 2 aromatic rings. The molecule has 116 valence electrons. The highest BCUT2D eigenvalue weighted by Crippen LogP contribution is 2.35. The maximum atomic E-state index is 12.5. The third kappa shape index (κ3) is 2.99. The topological polar surface area (TPSA) is 49.0 Å². The molecule has 1 aromatic carbocycles.